The number of ether oxygens (including phenoxy) is 1. The van der Waals surface area contributed by atoms with Crippen LogP contribution in [0.2, 0.25) is 0 Å². The quantitative estimate of drug-likeness (QED) is 0.533. The van der Waals surface area contributed by atoms with Gasteiger partial charge in [0, 0.05) is 0 Å². The van der Waals surface area contributed by atoms with Gasteiger partial charge < -0.3 is 4.74 Å². The second-order valence-electron chi connectivity index (χ2n) is 2.77. The van der Waals surface area contributed by atoms with Crippen molar-refractivity contribution < 1.29 is 4.74 Å². The van der Waals surface area contributed by atoms with Gasteiger partial charge in [-0.1, -0.05) is 25.3 Å². The van der Waals surface area contributed by atoms with Crippen LogP contribution in [0.3, 0.4) is 0 Å². The second-order valence-corrected chi connectivity index (χ2v) is 2.77. The van der Waals surface area contributed by atoms with Gasteiger partial charge in [-0.25, -0.2) is 0 Å². The minimum atomic E-state index is 0.455. The highest BCUT2D eigenvalue weighted by molar-refractivity contribution is 5.31. The summed E-state index contributed by atoms with van der Waals surface area (Å²) in [4.78, 5) is 0. The molecule has 0 aliphatic carbocycles. The first kappa shape index (κ1) is 10.1. The van der Waals surface area contributed by atoms with Crippen LogP contribution in [-0.2, 0) is 11.3 Å². The largest absolute Gasteiger partial charge is 0.490 e. The molecule has 14 heavy (non-hydrogen) atoms. The van der Waals surface area contributed by atoms with E-state index in [2.05, 4.69) is 19.2 Å². The van der Waals surface area contributed by atoms with E-state index >= 15 is 0 Å². The van der Waals surface area contributed by atoms with Gasteiger partial charge in [-0.15, -0.1) is 0 Å². The first-order valence-corrected chi connectivity index (χ1v) is 4.19. The SMILES string of the molecule is C=CC(=C)OCc1ccc(C#N)cc1. The lowest BCUT2D eigenvalue weighted by Crippen LogP contribution is -1.90. The Balaban J connectivity index is 2.57. The topological polar surface area (TPSA) is 33.0 Å². The summed E-state index contributed by atoms with van der Waals surface area (Å²) in [7, 11) is 0. The maximum absolute atomic E-state index is 8.58. The molecule has 0 saturated carbocycles. The Labute approximate surface area is 83.7 Å². The van der Waals surface area contributed by atoms with Gasteiger partial charge in [-0.2, -0.15) is 5.26 Å². The number of hydrogen-bond acceptors (Lipinski definition) is 2. The van der Waals surface area contributed by atoms with Crippen LogP contribution < -0.4 is 0 Å². The summed E-state index contributed by atoms with van der Waals surface area (Å²) in [5.74, 6) is 0.550. The lowest BCUT2D eigenvalue weighted by Gasteiger charge is -2.04. The fourth-order valence-corrected chi connectivity index (χ4v) is 0.910. The number of rotatable bonds is 4. The van der Waals surface area contributed by atoms with Crippen LogP contribution in [0.4, 0.5) is 0 Å². The van der Waals surface area contributed by atoms with Crippen LogP contribution in [-0.4, -0.2) is 0 Å². The molecule has 0 radical (unpaired) electrons. The fraction of sp³-hybridized carbons (Fsp3) is 0.0833. The van der Waals surface area contributed by atoms with Gasteiger partial charge in [0.15, 0.2) is 0 Å². The van der Waals surface area contributed by atoms with Crippen molar-refractivity contribution in [3.63, 3.8) is 0 Å². The first-order valence-electron chi connectivity index (χ1n) is 4.19. The smallest absolute Gasteiger partial charge is 0.113 e. The molecule has 0 aliphatic heterocycles. The molecule has 0 aliphatic rings. The molecular weight excluding hydrogens is 174 g/mol. The van der Waals surface area contributed by atoms with Gasteiger partial charge in [-0.3, -0.25) is 0 Å². The van der Waals surface area contributed by atoms with E-state index in [1.807, 2.05) is 12.1 Å². The summed E-state index contributed by atoms with van der Waals surface area (Å²) < 4.78 is 5.26. The molecule has 0 N–H and O–H groups in total. The van der Waals surface area contributed by atoms with Crippen molar-refractivity contribution in [1.29, 1.82) is 5.26 Å². The van der Waals surface area contributed by atoms with Gasteiger partial charge >= 0.3 is 0 Å². The average molecular weight is 185 g/mol. The third-order valence-electron chi connectivity index (χ3n) is 1.73. The first-order chi connectivity index (χ1) is 6.76. The Morgan fingerprint density at radius 1 is 1.43 bits per heavy atom. The molecule has 1 aromatic rings. The molecule has 1 rings (SSSR count). The number of allylic oxidation sites excluding steroid dienone is 1. The van der Waals surface area contributed by atoms with E-state index in [-0.39, 0.29) is 0 Å². The summed E-state index contributed by atoms with van der Waals surface area (Å²) in [6.07, 6.45) is 1.56. The van der Waals surface area contributed by atoms with Crippen molar-refractivity contribution in [1.82, 2.24) is 0 Å². The summed E-state index contributed by atoms with van der Waals surface area (Å²) in [5.41, 5.74) is 1.66. The van der Waals surface area contributed by atoms with Crippen molar-refractivity contribution in [2.75, 3.05) is 0 Å². The molecule has 0 aromatic heterocycles. The Kier molecular flexibility index (Phi) is 3.51. The third-order valence-corrected chi connectivity index (χ3v) is 1.73. The number of nitrogens with zero attached hydrogens (tertiary/aromatic N) is 1. The highest BCUT2D eigenvalue weighted by atomic mass is 16.5. The highest BCUT2D eigenvalue weighted by Crippen LogP contribution is 2.07. The zero-order valence-electron chi connectivity index (χ0n) is 7.86. The van der Waals surface area contributed by atoms with Crippen LogP contribution in [0.15, 0.2) is 49.3 Å². The van der Waals surface area contributed by atoms with Crippen molar-refractivity contribution in [2.24, 2.45) is 0 Å². The van der Waals surface area contributed by atoms with Gasteiger partial charge in [-0.05, 0) is 23.8 Å². The van der Waals surface area contributed by atoms with E-state index in [0.717, 1.165) is 5.56 Å². The molecule has 0 atom stereocenters. The summed E-state index contributed by atoms with van der Waals surface area (Å²) in [6, 6.07) is 9.29. The standard InChI is InChI=1S/C12H11NO/c1-3-10(2)14-9-12-6-4-11(8-13)5-7-12/h3-7H,1-2,9H2. The highest BCUT2D eigenvalue weighted by Gasteiger charge is 1.94. The number of hydrogen-bond donors (Lipinski definition) is 0. The summed E-state index contributed by atoms with van der Waals surface area (Å²) in [5, 5.41) is 8.58. The molecular formula is C12H11NO. The van der Waals surface area contributed by atoms with E-state index in [0.29, 0.717) is 17.9 Å². The maximum atomic E-state index is 8.58. The van der Waals surface area contributed by atoms with E-state index in [1.165, 1.54) is 0 Å². The molecule has 0 saturated heterocycles. The molecule has 1 aromatic carbocycles. The van der Waals surface area contributed by atoms with E-state index < -0.39 is 0 Å². The zero-order valence-corrected chi connectivity index (χ0v) is 7.86. The number of benzene rings is 1. The van der Waals surface area contributed by atoms with Gasteiger partial charge in [0.1, 0.15) is 12.4 Å². The van der Waals surface area contributed by atoms with E-state index in [9.17, 15) is 0 Å². The molecule has 70 valence electrons. The van der Waals surface area contributed by atoms with Crippen molar-refractivity contribution in [3.8, 4) is 6.07 Å². The molecule has 2 nitrogen and oxygen atoms in total. The third kappa shape index (κ3) is 2.80. The Morgan fingerprint density at radius 3 is 2.57 bits per heavy atom. The van der Waals surface area contributed by atoms with Crippen molar-refractivity contribution in [3.05, 3.63) is 60.4 Å². The molecule has 0 fully saturated rings. The maximum Gasteiger partial charge on any atom is 0.113 e. The van der Waals surface area contributed by atoms with E-state index in [4.69, 9.17) is 10.00 Å². The monoisotopic (exact) mass is 185 g/mol. The van der Waals surface area contributed by atoms with Crippen molar-refractivity contribution >= 4 is 0 Å². The Bertz CT molecular complexity index is 370. The summed E-state index contributed by atoms with van der Waals surface area (Å²) in [6.45, 7) is 7.62. The van der Waals surface area contributed by atoms with Crippen LogP contribution >= 0.6 is 0 Å². The van der Waals surface area contributed by atoms with Crippen LogP contribution in [0, 0.1) is 11.3 Å². The Morgan fingerprint density at radius 2 is 2.07 bits per heavy atom. The van der Waals surface area contributed by atoms with Crippen LogP contribution in [0.25, 0.3) is 0 Å². The second kappa shape index (κ2) is 4.88. The fourth-order valence-electron chi connectivity index (χ4n) is 0.910. The molecule has 0 bridgehead atoms. The molecule has 0 spiro atoms. The van der Waals surface area contributed by atoms with Crippen LogP contribution in [0.5, 0.6) is 0 Å². The lowest BCUT2D eigenvalue weighted by molar-refractivity contribution is 0.213. The normalized spacial score (nSPS) is 8.79. The van der Waals surface area contributed by atoms with Gasteiger partial charge in [0.2, 0.25) is 0 Å². The molecule has 0 amide bonds. The van der Waals surface area contributed by atoms with Gasteiger partial charge in [0.05, 0.1) is 11.6 Å². The lowest BCUT2D eigenvalue weighted by atomic mass is 10.2. The van der Waals surface area contributed by atoms with Crippen molar-refractivity contribution in [2.45, 2.75) is 6.61 Å². The minimum Gasteiger partial charge on any atom is -0.490 e. The average Bonchev–Trinajstić information content (AvgIpc) is 2.26. The van der Waals surface area contributed by atoms with Crippen LogP contribution in [0.1, 0.15) is 11.1 Å². The molecule has 0 heterocycles. The predicted molar refractivity (Wildman–Crippen MR) is 55.3 cm³/mol. The van der Waals surface area contributed by atoms with Gasteiger partial charge in [0.25, 0.3) is 0 Å². The zero-order chi connectivity index (χ0) is 10.4. The Hall–Kier alpha value is -2.01. The molecule has 2 heteroatoms. The minimum absolute atomic E-state index is 0.455. The number of nitriles is 1. The molecule has 0 unspecified atom stereocenters. The van der Waals surface area contributed by atoms with E-state index in [1.54, 1.807) is 18.2 Å². The predicted octanol–water partition coefficient (Wildman–Crippen LogP) is 2.77. The summed E-state index contributed by atoms with van der Waals surface area (Å²) >= 11 is 0.